The smallest absolute Gasteiger partial charge is 0.0728 e. The summed E-state index contributed by atoms with van der Waals surface area (Å²) in [5.74, 6) is 0.166. The van der Waals surface area contributed by atoms with Gasteiger partial charge in [0.25, 0.3) is 0 Å². The van der Waals surface area contributed by atoms with E-state index < -0.39 is 5.60 Å². The normalized spacial score (nSPS) is 20.4. The Morgan fingerprint density at radius 1 is 0.903 bits per heavy atom. The molecule has 1 unspecified atom stereocenters. The van der Waals surface area contributed by atoms with Gasteiger partial charge in [-0.3, -0.25) is 0 Å². The fourth-order valence-electron chi connectivity index (χ4n) is 4.96. The van der Waals surface area contributed by atoms with E-state index in [1.54, 1.807) is 0 Å². The van der Waals surface area contributed by atoms with E-state index >= 15 is 0 Å². The standard InChI is InChI=1S/C25H33ClN2O.2ClH/c1-27-14-16-28(17-15-27)19-24(25(29)12-3-2-4-13-25)21-10-8-20(9-11-21)22-6-5-7-23(26)18-22;;/h5-11,18,24,29H,2-4,12-17,19H2,1H3;2*1H. The minimum atomic E-state index is -0.584. The van der Waals surface area contributed by atoms with Crippen LogP contribution in [-0.2, 0) is 0 Å². The van der Waals surface area contributed by atoms with E-state index in [9.17, 15) is 5.11 Å². The second kappa shape index (κ2) is 11.9. The van der Waals surface area contributed by atoms with Gasteiger partial charge in [0.2, 0.25) is 0 Å². The van der Waals surface area contributed by atoms with Crippen molar-refractivity contribution in [1.82, 2.24) is 9.80 Å². The fraction of sp³-hybridized carbons (Fsp3) is 0.520. The lowest BCUT2D eigenvalue weighted by atomic mass is 9.72. The van der Waals surface area contributed by atoms with E-state index in [1.807, 2.05) is 18.2 Å². The SMILES string of the molecule is CN1CCN(CC(c2ccc(-c3cccc(Cl)c3)cc2)C2(O)CCCCC2)CC1.Cl.Cl. The highest BCUT2D eigenvalue weighted by atomic mass is 35.5. The molecule has 172 valence electrons. The molecule has 2 aromatic carbocycles. The van der Waals surface area contributed by atoms with Crippen molar-refractivity contribution in [2.45, 2.75) is 43.6 Å². The van der Waals surface area contributed by atoms with E-state index in [2.05, 4.69) is 47.2 Å². The van der Waals surface area contributed by atoms with Crippen molar-refractivity contribution in [3.8, 4) is 11.1 Å². The lowest BCUT2D eigenvalue weighted by Gasteiger charge is -2.43. The van der Waals surface area contributed by atoms with Crippen LogP contribution in [0.4, 0.5) is 0 Å². The molecule has 1 atom stereocenters. The van der Waals surface area contributed by atoms with Gasteiger partial charge in [-0.2, -0.15) is 0 Å². The first-order valence-electron chi connectivity index (χ1n) is 11.0. The molecule has 31 heavy (non-hydrogen) atoms. The molecule has 0 spiro atoms. The second-order valence-electron chi connectivity index (χ2n) is 8.95. The maximum atomic E-state index is 11.6. The maximum Gasteiger partial charge on any atom is 0.0728 e. The van der Waals surface area contributed by atoms with E-state index in [1.165, 1.54) is 17.5 Å². The van der Waals surface area contributed by atoms with E-state index in [0.29, 0.717) is 0 Å². The number of aliphatic hydroxyl groups is 1. The molecule has 0 aromatic heterocycles. The summed E-state index contributed by atoms with van der Waals surface area (Å²) in [4.78, 5) is 4.93. The van der Waals surface area contributed by atoms with Crippen molar-refractivity contribution in [1.29, 1.82) is 0 Å². The monoisotopic (exact) mass is 484 g/mol. The summed E-state index contributed by atoms with van der Waals surface area (Å²) >= 11 is 6.17. The topological polar surface area (TPSA) is 26.7 Å². The van der Waals surface area contributed by atoms with Crippen LogP contribution >= 0.6 is 36.4 Å². The molecule has 6 heteroatoms. The van der Waals surface area contributed by atoms with Gasteiger partial charge in [-0.25, -0.2) is 0 Å². The number of nitrogens with zero attached hydrogens (tertiary/aromatic N) is 2. The van der Waals surface area contributed by atoms with Crippen LogP contribution in [0.5, 0.6) is 0 Å². The van der Waals surface area contributed by atoms with E-state index in [4.69, 9.17) is 11.6 Å². The summed E-state index contributed by atoms with van der Waals surface area (Å²) < 4.78 is 0. The zero-order chi connectivity index (χ0) is 20.3. The number of hydrogen-bond donors (Lipinski definition) is 1. The third-order valence-corrected chi connectivity index (χ3v) is 7.11. The van der Waals surface area contributed by atoms with Crippen LogP contribution in [0.3, 0.4) is 0 Å². The van der Waals surface area contributed by atoms with Crippen LogP contribution in [0.1, 0.15) is 43.6 Å². The summed E-state index contributed by atoms with van der Waals surface area (Å²) in [6.45, 7) is 5.34. The van der Waals surface area contributed by atoms with Crippen molar-refractivity contribution in [3.63, 3.8) is 0 Å². The zero-order valence-corrected chi connectivity index (χ0v) is 20.7. The molecule has 1 heterocycles. The average molecular weight is 486 g/mol. The number of hydrogen-bond acceptors (Lipinski definition) is 3. The van der Waals surface area contributed by atoms with Crippen LogP contribution in [0.25, 0.3) is 11.1 Å². The number of halogens is 3. The van der Waals surface area contributed by atoms with Gasteiger partial charge in [0.05, 0.1) is 5.60 Å². The summed E-state index contributed by atoms with van der Waals surface area (Å²) in [6, 6.07) is 16.8. The molecule has 2 aromatic rings. The Balaban J connectivity index is 0.00000171. The van der Waals surface area contributed by atoms with Crippen molar-refractivity contribution in [2.75, 3.05) is 39.8 Å². The molecular weight excluding hydrogens is 451 g/mol. The van der Waals surface area contributed by atoms with Gasteiger partial charge in [-0.05, 0) is 48.7 Å². The molecule has 1 saturated carbocycles. The van der Waals surface area contributed by atoms with Crippen molar-refractivity contribution < 1.29 is 5.11 Å². The molecule has 1 saturated heterocycles. The van der Waals surface area contributed by atoms with Crippen molar-refractivity contribution >= 4 is 36.4 Å². The summed E-state index contributed by atoms with van der Waals surface area (Å²) in [5, 5.41) is 12.4. The zero-order valence-electron chi connectivity index (χ0n) is 18.3. The van der Waals surface area contributed by atoms with Gasteiger partial charge in [-0.15, -0.1) is 24.8 Å². The van der Waals surface area contributed by atoms with Crippen LogP contribution in [0.15, 0.2) is 48.5 Å². The molecule has 0 radical (unpaired) electrons. The quantitative estimate of drug-likeness (QED) is 0.573. The predicted molar refractivity (Wildman–Crippen MR) is 136 cm³/mol. The summed E-state index contributed by atoms with van der Waals surface area (Å²) in [5.41, 5.74) is 2.99. The fourth-order valence-corrected chi connectivity index (χ4v) is 5.15. The molecular formula is C25H35Cl3N2O. The number of benzene rings is 2. The van der Waals surface area contributed by atoms with Gasteiger partial charge in [-0.1, -0.05) is 67.3 Å². The molecule has 0 amide bonds. The average Bonchev–Trinajstić information content (AvgIpc) is 2.74. The summed E-state index contributed by atoms with van der Waals surface area (Å²) in [7, 11) is 2.19. The van der Waals surface area contributed by atoms with Crippen LogP contribution in [-0.4, -0.2) is 60.3 Å². The van der Waals surface area contributed by atoms with Gasteiger partial charge in [0.15, 0.2) is 0 Å². The van der Waals surface area contributed by atoms with Gasteiger partial charge < -0.3 is 14.9 Å². The Bertz CT molecular complexity index is 801. The highest BCUT2D eigenvalue weighted by Crippen LogP contribution is 2.41. The largest absolute Gasteiger partial charge is 0.389 e. The first-order valence-corrected chi connectivity index (χ1v) is 11.4. The number of rotatable bonds is 5. The van der Waals surface area contributed by atoms with Gasteiger partial charge in [0.1, 0.15) is 0 Å². The number of piperazine rings is 1. The molecule has 0 bridgehead atoms. The van der Waals surface area contributed by atoms with E-state index in [-0.39, 0.29) is 30.7 Å². The lowest BCUT2D eigenvalue weighted by Crippen LogP contribution is -2.50. The highest BCUT2D eigenvalue weighted by Gasteiger charge is 2.39. The lowest BCUT2D eigenvalue weighted by molar-refractivity contribution is -0.0337. The minimum absolute atomic E-state index is 0. The number of likely N-dealkylation sites (N-methyl/N-ethyl adjacent to an activating group) is 1. The molecule has 1 aliphatic carbocycles. The van der Waals surface area contributed by atoms with Crippen LogP contribution in [0, 0.1) is 0 Å². The first kappa shape index (κ1) is 26.4. The third kappa shape index (κ3) is 6.60. The summed E-state index contributed by atoms with van der Waals surface area (Å²) in [6.07, 6.45) is 5.35. The molecule has 1 N–H and O–H groups in total. The van der Waals surface area contributed by atoms with Crippen LogP contribution < -0.4 is 0 Å². The molecule has 4 rings (SSSR count). The van der Waals surface area contributed by atoms with Crippen molar-refractivity contribution in [3.05, 3.63) is 59.1 Å². The molecule has 3 nitrogen and oxygen atoms in total. The second-order valence-corrected chi connectivity index (χ2v) is 9.39. The molecule has 1 aliphatic heterocycles. The van der Waals surface area contributed by atoms with Crippen LogP contribution in [0.2, 0.25) is 5.02 Å². The Hall–Kier alpha value is -0.810. The maximum absolute atomic E-state index is 11.6. The molecule has 2 aliphatic rings. The van der Waals surface area contributed by atoms with Gasteiger partial charge in [0, 0.05) is 43.7 Å². The van der Waals surface area contributed by atoms with E-state index in [0.717, 1.165) is 69.0 Å². The molecule has 2 fully saturated rings. The minimum Gasteiger partial charge on any atom is -0.389 e. The Kier molecular flexibility index (Phi) is 10.1. The predicted octanol–water partition coefficient (Wildman–Crippen LogP) is 5.88. The first-order chi connectivity index (χ1) is 14.0. The van der Waals surface area contributed by atoms with Crippen molar-refractivity contribution in [2.24, 2.45) is 0 Å². The Morgan fingerprint density at radius 3 is 2.16 bits per heavy atom. The highest BCUT2D eigenvalue weighted by molar-refractivity contribution is 6.30. The Labute approximate surface area is 204 Å². The third-order valence-electron chi connectivity index (χ3n) is 6.88. The van der Waals surface area contributed by atoms with Gasteiger partial charge >= 0.3 is 0 Å². The Morgan fingerprint density at radius 2 is 1.55 bits per heavy atom.